The highest BCUT2D eigenvalue weighted by atomic mass is 32.2. The van der Waals surface area contributed by atoms with Crippen LogP contribution in [-0.4, -0.2) is 37.2 Å². The topological polar surface area (TPSA) is 63.6 Å². The number of benzene rings is 1. The minimum absolute atomic E-state index is 0.321. The van der Waals surface area contributed by atoms with Crippen LogP contribution in [0.1, 0.15) is 76.8 Å². The fourth-order valence-corrected chi connectivity index (χ4v) is 6.09. The molecule has 1 heterocycles. The lowest BCUT2D eigenvalue weighted by Gasteiger charge is -2.33. The molecule has 0 amide bonds. The second-order valence-corrected chi connectivity index (χ2v) is 13.0. The van der Waals surface area contributed by atoms with Crippen LogP contribution in [0.3, 0.4) is 0 Å². The largest absolute Gasteiger partial charge is 0.385 e. The molecule has 1 aromatic rings. The van der Waals surface area contributed by atoms with E-state index in [1.165, 1.54) is 5.56 Å². The first-order valence-corrected chi connectivity index (χ1v) is 12.9. The highest BCUT2D eigenvalue weighted by molar-refractivity contribution is 7.92. The summed E-state index contributed by atoms with van der Waals surface area (Å²) in [5.41, 5.74) is 1.57. The third-order valence-corrected chi connectivity index (χ3v) is 9.76. The molecular formula is C24H38O4S. The van der Waals surface area contributed by atoms with Crippen LogP contribution in [0.25, 0.3) is 0 Å². The van der Waals surface area contributed by atoms with Crippen molar-refractivity contribution in [1.82, 2.24) is 0 Å². The molecule has 1 N–H and O–H groups in total. The fraction of sp³-hybridized carbons (Fsp3) is 0.750. The molecule has 1 saturated carbocycles. The van der Waals surface area contributed by atoms with E-state index >= 15 is 0 Å². The average molecular weight is 423 g/mol. The van der Waals surface area contributed by atoms with Crippen LogP contribution in [0.4, 0.5) is 0 Å². The van der Waals surface area contributed by atoms with Gasteiger partial charge in [0.05, 0.1) is 16.1 Å². The lowest BCUT2D eigenvalue weighted by Crippen LogP contribution is -2.34. The summed E-state index contributed by atoms with van der Waals surface area (Å²) in [6, 6.07) is 8.43. The van der Waals surface area contributed by atoms with Gasteiger partial charge in [0.2, 0.25) is 0 Å². The van der Waals surface area contributed by atoms with Crippen molar-refractivity contribution < 1.29 is 18.3 Å². The third kappa shape index (κ3) is 5.83. The van der Waals surface area contributed by atoms with Gasteiger partial charge in [-0.3, -0.25) is 0 Å². The van der Waals surface area contributed by atoms with Crippen molar-refractivity contribution >= 4 is 9.84 Å². The summed E-state index contributed by atoms with van der Waals surface area (Å²) in [6.45, 7) is 6.65. The Kier molecular flexibility index (Phi) is 7.12. The standard InChI is InChI=1S/C24H38O4S/c1-23(2,3)29(26,27)18-21-11-8-19(9-12-21)7-10-20-5-4-6-22(17-20)24(25)13-15-28-16-14-24/h4-6,17,19,21,25H,7-16,18H2,1-3H3. The zero-order chi connectivity index (χ0) is 21.1. The first-order chi connectivity index (χ1) is 13.6. The van der Waals surface area contributed by atoms with Crippen LogP contribution in [0.5, 0.6) is 0 Å². The summed E-state index contributed by atoms with van der Waals surface area (Å²) in [5, 5.41) is 10.9. The lowest BCUT2D eigenvalue weighted by atomic mass is 9.80. The minimum atomic E-state index is -3.02. The Hall–Kier alpha value is -0.910. The number of hydrogen-bond acceptors (Lipinski definition) is 4. The van der Waals surface area contributed by atoms with E-state index in [1.807, 2.05) is 6.07 Å². The second-order valence-electron chi connectivity index (χ2n) is 10.2. The van der Waals surface area contributed by atoms with Gasteiger partial charge in [0, 0.05) is 26.1 Å². The highest BCUT2D eigenvalue weighted by Gasteiger charge is 2.34. The Morgan fingerprint density at radius 3 is 2.31 bits per heavy atom. The van der Waals surface area contributed by atoms with Gasteiger partial charge in [-0.2, -0.15) is 0 Å². The van der Waals surface area contributed by atoms with E-state index in [-0.39, 0.29) is 0 Å². The average Bonchev–Trinajstić information content (AvgIpc) is 2.67. The van der Waals surface area contributed by atoms with Crippen molar-refractivity contribution in [3.63, 3.8) is 0 Å². The maximum Gasteiger partial charge on any atom is 0.155 e. The van der Waals surface area contributed by atoms with Crippen molar-refractivity contribution in [2.45, 2.75) is 82.5 Å². The van der Waals surface area contributed by atoms with Crippen molar-refractivity contribution in [3.8, 4) is 0 Å². The van der Waals surface area contributed by atoms with Crippen LogP contribution >= 0.6 is 0 Å². The molecule has 1 aliphatic heterocycles. The molecule has 29 heavy (non-hydrogen) atoms. The molecular weight excluding hydrogens is 384 g/mol. The number of aryl methyl sites for hydroxylation is 1. The summed E-state index contributed by atoms with van der Waals surface area (Å²) >= 11 is 0. The number of rotatable bonds is 6. The molecule has 0 aromatic heterocycles. The van der Waals surface area contributed by atoms with Crippen LogP contribution in [0.15, 0.2) is 24.3 Å². The van der Waals surface area contributed by atoms with Gasteiger partial charge >= 0.3 is 0 Å². The molecule has 0 atom stereocenters. The zero-order valence-corrected chi connectivity index (χ0v) is 19.1. The molecule has 0 spiro atoms. The van der Waals surface area contributed by atoms with E-state index in [0.717, 1.165) is 44.1 Å². The Bertz CT molecular complexity index is 764. The maximum absolute atomic E-state index is 12.5. The Labute approximate surface area is 177 Å². The van der Waals surface area contributed by atoms with E-state index in [2.05, 4.69) is 18.2 Å². The lowest BCUT2D eigenvalue weighted by molar-refractivity contribution is -0.0679. The predicted octanol–water partition coefficient (Wildman–Crippen LogP) is 4.64. The zero-order valence-electron chi connectivity index (χ0n) is 18.3. The molecule has 5 heteroatoms. The number of hydrogen-bond donors (Lipinski definition) is 1. The van der Waals surface area contributed by atoms with Gasteiger partial charge < -0.3 is 9.84 Å². The molecule has 1 aliphatic carbocycles. The SMILES string of the molecule is CC(C)(C)S(=O)(=O)CC1CCC(CCc2cccc(C3(O)CCOCC3)c2)CC1. The molecule has 0 unspecified atom stereocenters. The van der Waals surface area contributed by atoms with E-state index in [9.17, 15) is 13.5 Å². The third-order valence-electron chi connectivity index (χ3n) is 6.98. The van der Waals surface area contributed by atoms with Gasteiger partial charge in [0.15, 0.2) is 9.84 Å². The molecule has 1 saturated heterocycles. The molecule has 4 nitrogen and oxygen atoms in total. The summed E-state index contributed by atoms with van der Waals surface area (Å²) in [6.07, 6.45) is 7.81. The monoisotopic (exact) mass is 422 g/mol. The van der Waals surface area contributed by atoms with Crippen molar-refractivity contribution in [2.24, 2.45) is 11.8 Å². The molecule has 0 radical (unpaired) electrons. The normalized spacial score (nSPS) is 25.7. The first-order valence-electron chi connectivity index (χ1n) is 11.2. The van der Waals surface area contributed by atoms with Crippen molar-refractivity contribution in [3.05, 3.63) is 35.4 Å². The van der Waals surface area contributed by atoms with Gasteiger partial charge in [-0.15, -0.1) is 0 Å². The molecule has 2 fully saturated rings. The number of sulfone groups is 1. The quantitative estimate of drug-likeness (QED) is 0.725. The molecule has 164 valence electrons. The van der Waals surface area contributed by atoms with Crippen LogP contribution in [0, 0.1) is 11.8 Å². The van der Waals surface area contributed by atoms with Crippen LogP contribution in [-0.2, 0) is 26.6 Å². The van der Waals surface area contributed by atoms with E-state index in [1.54, 1.807) is 20.8 Å². The minimum Gasteiger partial charge on any atom is -0.385 e. The van der Waals surface area contributed by atoms with Crippen LogP contribution in [0.2, 0.25) is 0 Å². The summed E-state index contributed by atoms with van der Waals surface area (Å²) in [5.74, 6) is 1.34. The van der Waals surface area contributed by atoms with E-state index < -0.39 is 20.2 Å². The van der Waals surface area contributed by atoms with E-state index in [0.29, 0.717) is 43.6 Å². The second kappa shape index (κ2) is 9.07. The van der Waals surface area contributed by atoms with Crippen LogP contribution < -0.4 is 0 Å². The summed E-state index contributed by atoms with van der Waals surface area (Å²) in [7, 11) is -3.02. The Morgan fingerprint density at radius 1 is 1.07 bits per heavy atom. The summed E-state index contributed by atoms with van der Waals surface area (Å²) in [4.78, 5) is 0. The first kappa shape index (κ1) is 22.8. The number of ether oxygens (including phenoxy) is 1. The fourth-order valence-electron chi connectivity index (χ4n) is 4.63. The molecule has 0 bridgehead atoms. The Morgan fingerprint density at radius 2 is 1.69 bits per heavy atom. The van der Waals surface area contributed by atoms with Gasteiger partial charge in [0.1, 0.15) is 0 Å². The molecule has 2 aliphatic rings. The number of aliphatic hydroxyl groups is 1. The molecule has 3 rings (SSSR count). The van der Waals surface area contributed by atoms with Crippen molar-refractivity contribution in [2.75, 3.05) is 19.0 Å². The Balaban J connectivity index is 1.49. The van der Waals surface area contributed by atoms with Gasteiger partial charge in [-0.05, 0) is 69.4 Å². The smallest absolute Gasteiger partial charge is 0.155 e. The van der Waals surface area contributed by atoms with Gasteiger partial charge in [-0.25, -0.2) is 8.42 Å². The summed E-state index contributed by atoms with van der Waals surface area (Å²) < 4.78 is 29.7. The predicted molar refractivity (Wildman–Crippen MR) is 118 cm³/mol. The maximum atomic E-state index is 12.5. The molecule has 1 aromatic carbocycles. The van der Waals surface area contributed by atoms with Gasteiger partial charge in [0.25, 0.3) is 0 Å². The van der Waals surface area contributed by atoms with E-state index in [4.69, 9.17) is 4.74 Å². The van der Waals surface area contributed by atoms with Crippen molar-refractivity contribution in [1.29, 1.82) is 0 Å². The van der Waals surface area contributed by atoms with Gasteiger partial charge in [-0.1, -0.05) is 37.1 Å². The highest BCUT2D eigenvalue weighted by Crippen LogP contribution is 2.35.